The van der Waals surface area contributed by atoms with Gasteiger partial charge in [0.05, 0.1) is 16.8 Å². The number of aromatic nitrogens is 1. The van der Waals surface area contributed by atoms with E-state index in [1.807, 2.05) is 0 Å². The number of carbonyl (C=O) groups is 1. The Morgan fingerprint density at radius 1 is 1.35 bits per heavy atom. The standard InChI is InChI=1S/C12H12N2O4S2/c1-8-13-7-11(19-8)20(17,18)14-6-9-2-4-10(5-3-9)12(15)16/h2-5,7,14H,6H2,1H3,(H,15,16). The van der Waals surface area contributed by atoms with Crippen LogP contribution in [0.5, 0.6) is 0 Å². The first-order chi connectivity index (χ1) is 9.38. The Bertz CT molecular complexity index is 720. The largest absolute Gasteiger partial charge is 0.478 e. The van der Waals surface area contributed by atoms with Gasteiger partial charge in [-0.15, -0.1) is 11.3 Å². The van der Waals surface area contributed by atoms with Crippen LogP contribution in [0.15, 0.2) is 34.7 Å². The van der Waals surface area contributed by atoms with E-state index in [2.05, 4.69) is 9.71 Å². The van der Waals surface area contributed by atoms with Crippen molar-refractivity contribution in [3.63, 3.8) is 0 Å². The fourth-order valence-electron chi connectivity index (χ4n) is 1.48. The molecule has 20 heavy (non-hydrogen) atoms. The third-order valence-corrected chi connectivity index (χ3v) is 5.31. The van der Waals surface area contributed by atoms with Gasteiger partial charge in [-0.05, 0) is 24.6 Å². The molecule has 1 aromatic heterocycles. The molecule has 0 unspecified atom stereocenters. The molecule has 1 aromatic carbocycles. The quantitative estimate of drug-likeness (QED) is 0.874. The van der Waals surface area contributed by atoms with E-state index in [9.17, 15) is 13.2 Å². The number of nitrogens with zero attached hydrogens (tertiary/aromatic N) is 1. The molecule has 0 atom stereocenters. The van der Waals surface area contributed by atoms with Crippen molar-refractivity contribution in [2.45, 2.75) is 17.7 Å². The van der Waals surface area contributed by atoms with Crippen LogP contribution in [0.4, 0.5) is 0 Å². The highest BCUT2D eigenvalue weighted by Gasteiger charge is 2.16. The fourth-order valence-corrected chi connectivity index (χ4v) is 3.65. The maximum absolute atomic E-state index is 12.0. The van der Waals surface area contributed by atoms with Crippen molar-refractivity contribution in [3.8, 4) is 0 Å². The Hall–Kier alpha value is -1.77. The monoisotopic (exact) mass is 312 g/mol. The van der Waals surface area contributed by atoms with Gasteiger partial charge in [-0.1, -0.05) is 12.1 Å². The number of aromatic carboxylic acids is 1. The minimum absolute atomic E-state index is 0.0964. The van der Waals surface area contributed by atoms with Gasteiger partial charge in [0.25, 0.3) is 10.0 Å². The van der Waals surface area contributed by atoms with Crippen molar-refractivity contribution >= 4 is 27.3 Å². The van der Waals surface area contributed by atoms with Crippen LogP contribution in [0.2, 0.25) is 0 Å². The molecule has 0 radical (unpaired) electrons. The molecule has 0 saturated heterocycles. The molecule has 2 N–H and O–H groups in total. The second-order valence-electron chi connectivity index (χ2n) is 4.02. The number of nitrogens with one attached hydrogen (secondary N) is 1. The summed E-state index contributed by atoms with van der Waals surface area (Å²) in [6.07, 6.45) is 1.32. The highest BCUT2D eigenvalue weighted by molar-refractivity contribution is 7.91. The smallest absolute Gasteiger partial charge is 0.335 e. The van der Waals surface area contributed by atoms with Crippen molar-refractivity contribution in [2.75, 3.05) is 0 Å². The van der Waals surface area contributed by atoms with E-state index in [0.717, 1.165) is 11.3 Å². The lowest BCUT2D eigenvalue weighted by atomic mass is 10.1. The van der Waals surface area contributed by atoms with Gasteiger partial charge in [0.15, 0.2) is 4.21 Å². The molecule has 0 aliphatic carbocycles. The first-order valence-corrected chi connectivity index (χ1v) is 7.93. The number of sulfonamides is 1. The van der Waals surface area contributed by atoms with Gasteiger partial charge in [0.1, 0.15) is 0 Å². The Labute approximate surface area is 120 Å². The van der Waals surface area contributed by atoms with Crippen LogP contribution in [0.1, 0.15) is 20.9 Å². The molecule has 0 spiro atoms. The third-order valence-electron chi connectivity index (χ3n) is 2.53. The van der Waals surface area contributed by atoms with E-state index in [0.29, 0.717) is 10.6 Å². The topological polar surface area (TPSA) is 96.4 Å². The van der Waals surface area contributed by atoms with Crippen LogP contribution >= 0.6 is 11.3 Å². The first-order valence-electron chi connectivity index (χ1n) is 5.63. The number of carboxylic acids is 1. The Kier molecular flexibility index (Phi) is 4.17. The first kappa shape index (κ1) is 14.6. The molecule has 0 fully saturated rings. The zero-order valence-electron chi connectivity index (χ0n) is 10.5. The summed E-state index contributed by atoms with van der Waals surface area (Å²) in [6, 6.07) is 6.01. The highest BCUT2D eigenvalue weighted by atomic mass is 32.2. The number of thiazole rings is 1. The number of carboxylic acid groups (broad SMARTS) is 1. The van der Waals surface area contributed by atoms with Gasteiger partial charge in [-0.2, -0.15) is 0 Å². The number of benzene rings is 1. The second-order valence-corrected chi connectivity index (χ2v) is 7.25. The number of hydrogen-bond donors (Lipinski definition) is 2. The fraction of sp³-hybridized carbons (Fsp3) is 0.167. The molecule has 2 rings (SSSR count). The number of hydrogen-bond acceptors (Lipinski definition) is 5. The molecule has 0 saturated carbocycles. The van der Waals surface area contributed by atoms with Crippen molar-refractivity contribution < 1.29 is 18.3 Å². The second kappa shape index (κ2) is 5.70. The predicted octanol–water partition coefficient (Wildman–Crippen LogP) is 1.63. The molecule has 106 valence electrons. The molecule has 0 aliphatic heterocycles. The molecular formula is C12H12N2O4S2. The molecule has 2 aromatic rings. The lowest BCUT2D eigenvalue weighted by Gasteiger charge is -2.05. The molecule has 6 nitrogen and oxygen atoms in total. The van der Waals surface area contributed by atoms with E-state index in [1.54, 1.807) is 19.1 Å². The summed E-state index contributed by atoms with van der Waals surface area (Å²) in [5, 5.41) is 9.45. The lowest BCUT2D eigenvalue weighted by molar-refractivity contribution is 0.0697. The van der Waals surface area contributed by atoms with Crippen LogP contribution in [0, 0.1) is 6.92 Å². The normalized spacial score (nSPS) is 11.4. The summed E-state index contributed by atoms with van der Waals surface area (Å²) in [5.74, 6) is -1.02. The predicted molar refractivity (Wildman–Crippen MR) is 74.3 cm³/mol. The summed E-state index contributed by atoms with van der Waals surface area (Å²) in [7, 11) is -3.57. The van der Waals surface area contributed by atoms with E-state index in [4.69, 9.17) is 5.11 Å². The summed E-state index contributed by atoms with van der Waals surface area (Å²) >= 11 is 1.10. The maximum atomic E-state index is 12.0. The van der Waals surface area contributed by atoms with Gasteiger partial charge in [-0.3, -0.25) is 0 Å². The average Bonchev–Trinajstić information content (AvgIpc) is 2.84. The Balaban J connectivity index is 2.06. The van der Waals surface area contributed by atoms with Gasteiger partial charge in [0.2, 0.25) is 0 Å². The molecule has 8 heteroatoms. The van der Waals surface area contributed by atoms with E-state index < -0.39 is 16.0 Å². The van der Waals surface area contributed by atoms with Gasteiger partial charge < -0.3 is 5.11 Å². The SMILES string of the molecule is Cc1ncc(S(=O)(=O)NCc2ccc(C(=O)O)cc2)s1. The molecule has 0 bridgehead atoms. The molecular weight excluding hydrogens is 300 g/mol. The average molecular weight is 312 g/mol. The molecule has 0 amide bonds. The zero-order valence-corrected chi connectivity index (χ0v) is 12.2. The minimum atomic E-state index is -3.57. The van der Waals surface area contributed by atoms with E-state index in [-0.39, 0.29) is 16.3 Å². The number of aryl methyl sites for hydroxylation is 1. The van der Waals surface area contributed by atoms with Crippen molar-refractivity contribution in [1.29, 1.82) is 0 Å². The van der Waals surface area contributed by atoms with Crippen LogP contribution < -0.4 is 4.72 Å². The summed E-state index contributed by atoms with van der Waals surface area (Å²) < 4.78 is 26.5. The third kappa shape index (κ3) is 3.41. The zero-order chi connectivity index (χ0) is 14.8. The van der Waals surface area contributed by atoms with Gasteiger partial charge in [-0.25, -0.2) is 22.9 Å². The van der Waals surface area contributed by atoms with Crippen molar-refractivity contribution in [2.24, 2.45) is 0 Å². The van der Waals surface area contributed by atoms with Crippen molar-refractivity contribution in [3.05, 3.63) is 46.6 Å². The number of rotatable bonds is 5. The summed E-state index contributed by atoms with van der Waals surface area (Å²) in [5.41, 5.74) is 0.842. The Morgan fingerprint density at radius 2 is 2.00 bits per heavy atom. The van der Waals surface area contributed by atoms with E-state index in [1.165, 1.54) is 18.3 Å². The maximum Gasteiger partial charge on any atom is 0.335 e. The van der Waals surface area contributed by atoms with Crippen LogP contribution in [-0.2, 0) is 16.6 Å². The minimum Gasteiger partial charge on any atom is -0.478 e. The van der Waals surface area contributed by atoms with Gasteiger partial charge in [0, 0.05) is 6.54 Å². The van der Waals surface area contributed by atoms with Crippen molar-refractivity contribution in [1.82, 2.24) is 9.71 Å². The van der Waals surface area contributed by atoms with Crippen LogP contribution in [0.25, 0.3) is 0 Å². The molecule has 1 heterocycles. The van der Waals surface area contributed by atoms with E-state index >= 15 is 0 Å². The van der Waals surface area contributed by atoms with Gasteiger partial charge >= 0.3 is 5.97 Å². The molecule has 0 aliphatic rings. The van der Waals surface area contributed by atoms with Crippen LogP contribution in [-0.4, -0.2) is 24.5 Å². The summed E-state index contributed by atoms with van der Waals surface area (Å²) in [6.45, 7) is 1.83. The highest BCUT2D eigenvalue weighted by Crippen LogP contribution is 2.17. The summed E-state index contributed by atoms with van der Waals surface area (Å²) in [4.78, 5) is 14.6. The van der Waals surface area contributed by atoms with Crippen LogP contribution in [0.3, 0.4) is 0 Å². The Morgan fingerprint density at radius 3 is 2.50 bits per heavy atom. The lowest BCUT2D eigenvalue weighted by Crippen LogP contribution is -2.22.